The minimum absolute atomic E-state index is 0.198. The Morgan fingerprint density at radius 1 is 1.23 bits per heavy atom. The molecule has 0 radical (unpaired) electrons. The topological polar surface area (TPSA) is 102 Å². The minimum Gasteiger partial charge on any atom is -0.350 e. The quantitative estimate of drug-likeness (QED) is 0.408. The molecule has 1 amide bonds. The van der Waals surface area contributed by atoms with Crippen LogP contribution >= 0.6 is 34.5 Å². The van der Waals surface area contributed by atoms with E-state index in [9.17, 15) is 19.2 Å². The highest BCUT2D eigenvalue weighted by Crippen LogP contribution is 2.28. The minimum atomic E-state index is -0.709. The summed E-state index contributed by atoms with van der Waals surface area (Å²) in [6.45, 7) is 1.57. The van der Waals surface area contributed by atoms with E-state index < -0.39 is 17.2 Å². The summed E-state index contributed by atoms with van der Waals surface area (Å²) in [5.41, 5.74) is 2.01. The van der Waals surface area contributed by atoms with E-state index in [1.807, 2.05) is 0 Å². The summed E-state index contributed by atoms with van der Waals surface area (Å²) < 4.78 is 2.00. The van der Waals surface area contributed by atoms with E-state index in [1.165, 1.54) is 17.7 Å². The van der Waals surface area contributed by atoms with Crippen LogP contribution in [0.15, 0.2) is 33.9 Å². The Bertz CT molecular complexity index is 1260. The van der Waals surface area contributed by atoms with Gasteiger partial charge in [-0.25, -0.2) is 4.79 Å². The van der Waals surface area contributed by atoms with Gasteiger partial charge in [-0.15, -0.1) is 22.9 Å². The summed E-state index contributed by atoms with van der Waals surface area (Å²) in [5.74, 6) is -0.521. The molecule has 0 fully saturated rings. The highest BCUT2D eigenvalue weighted by molar-refractivity contribution is 7.20. The van der Waals surface area contributed by atoms with Crippen LogP contribution < -0.4 is 22.0 Å². The van der Waals surface area contributed by atoms with Crippen molar-refractivity contribution in [3.8, 4) is 0 Å². The number of nitrogens with zero attached hydrogens (tertiary/aromatic N) is 2. The molecule has 0 unspecified atom stereocenters. The average molecular weight is 469 g/mol. The van der Waals surface area contributed by atoms with Crippen LogP contribution in [0.1, 0.15) is 25.6 Å². The predicted molar refractivity (Wildman–Crippen MR) is 119 cm³/mol. The Labute approximate surface area is 185 Å². The van der Waals surface area contributed by atoms with Crippen molar-refractivity contribution in [2.24, 2.45) is 0 Å². The van der Waals surface area contributed by atoms with Crippen LogP contribution in [0, 0.1) is 6.92 Å². The lowest BCUT2D eigenvalue weighted by molar-refractivity contribution is 0.0955. The van der Waals surface area contributed by atoms with Gasteiger partial charge < -0.3 is 10.7 Å². The van der Waals surface area contributed by atoms with Gasteiger partial charge in [0.25, 0.3) is 11.5 Å². The highest BCUT2D eigenvalue weighted by Gasteiger charge is 2.24. The molecule has 0 saturated carbocycles. The molecule has 0 atom stereocenters. The number of benzene rings is 1. The number of aryl methyl sites for hydroxylation is 1. The molecular formula is C19H18Cl2N4O4S. The highest BCUT2D eigenvalue weighted by atomic mass is 35.5. The molecule has 2 aromatic heterocycles. The van der Waals surface area contributed by atoms with Gasteiger partial charge in [0.05, 0.1) is 16.8 Å². The fourth-order valence-corrected chi connectivity index (χ4v) is 4.53. The first-order valence-electron chi connectivity index (χ1n) is 8.89. The number of carbonyl (C=O) groups excluding carboxylic acids is 2. The number of ketones is 1. The SMILES string of the molecule is CNn1c(=O)c2c(C)c(C(=O)NCCCl)sc2n(CC(=O)c2cccc(Cl)c2)c1=O. The van der Waals surface area contributed by atoms with Gasteiger partial charge in [0.2, 0.25) is 0 Å². The molecule has 3 aromatic rings. The second-order valence-corrected chi connectivity index (χ2v) is 8.16. The van der Waals surface area contributed by atoms with Crippen LogP contribution in [-0.2, 0) is 6.54 Å². The molecule has 158 valence electrons. The molecule has 8 nitrogen and oxygen atoms in total. The zero-order valence-corrected chi connectivity index (χ0v) is 18.5. The molecule has 11 heteroatoms. The Kier molecular flexibility index (Phi) is 6.64. The first kappa shape index (κ1) is 22.1. The number of Topliss-reactive ketones (excluding diaryl/α,β-unsaturated/α-hetero) is 1. The number of halogens is 2. The van der Waals surface area contributed by atoms with Crippen molar-refractivity contribution >= 4 is 56.4 Å². The number of rotatable bonds is 7. The van der Waals surface area contributed by atoms with Crippen LogP contribution in [-0.4, -0.2) is 40.4 Å². The largest absolute Gasteiger partial charge is 0.351 e. The monoisotopic (exact) mass is 468 g/mol. The number of aromatic nitrogens is 2. The molecule has 0 aliphatic rings. The van der Waals surface area contributed by atoms with Crippen molar-refractivity contribution in [1.82, 2.24) is 14.6 Å². The van der Waals surface area contributed by atoms with Crippen molar-refractivity contribution in [3.63, 3.8) is 0 Å². The summed E-state index contributed by atoms with van der Waals surface area (Å²) >= 11 is 12.6. The van der Waals surface area contributed by atoms with Crippen molar-refractivity contribution < 1.29 is 9.59 Å². The van der Waals surface area contributed by atoms with Crippen molar-refractivity contribution in [2.45, 2.75) is 13.5 Å². The Balaban J connectivity index is 2.20. The van der Waals surface area contributed by atoms with E-state index in [2.05, 4.69) is 10.7 Å². The number of amides is 1. The summed E-state index contributed by atoms with van der Waals surface area (Å²) in [7, 11) is 1.42. The molecule has 0 aliphatic carbocycles. The summed E-state index contributed by atoms with van der Waals surface area (Å²) in [6.07, 6.45) is 0. The summed E-state index contributed by atoms with van der Waals surface area (Å²) in [4.78, 5) is 51.6. The lowest BCUT2D eigenvalue weighted by Crippen LogP contribution is -2.44. The van der Waals surface area contributed by atoms with Crippen LogP contribution in [0.3, 0.4) is 0 Å². The molecular weight excluding hydrogens is 451 g/mol. The third-order valence-corrected chi connectivity index (χ3v) is 6.21. The lowest BCUT2D eigenvalue weighted by Gasteiger charge is -2.11. The molecule has 30 heavy (non-hydrogen) atoms. The van der Waals surface area contributed by atoms with Gasteiger partial charge >= 0.3 is 5.69 Å². The number of carbonyl (C=O) groups is 2. The predicted octanol–water partition coefficient (Wildman–Crippen LogP) is 2.21. The fourth-order valence-electron chi connectivity index (χ4n) is 3.04. The second kappa shape index (κ2) is 9.03. The van der Waals surface area contributed by atoms with E-state index in [0.29, 0.717) is 16.1 Å². The Morgan fingerprint density at radius 2 is 1.97 bits per heavy atom. The maximum absolute atomic E-state index is 12.9. The molecule has 2 heterocycles. The normalized spacial score (nSPS) is 10.9. The van der Waals surface area contributed by atoms with Gasteiger partial charge in [0.15, 0.2) is 5.78 Å². The van der Waals surface area contributed by atoms with Crippen molar-refractivity contribution in [3.05, 3.63) is 66.1 Å². The van der Waals surface area contributed by atoms with Crippen LogP contribution in [0.25, 0.3) is 10.2 Å². The standard InChI is InChI=1S/C19H18Cl2N4O4S/c1-10-14-17(28)25(22-2)19(29)24(9-13(26)11-4-3-5-12(21)8-11)18(14)30-15(10)16(27)23-7-6-20/h3-5,8,22H,6-7,9H2,1-2H3,(H,23,27). The Morgan fingerprint density at radius 3 is 2.60 bits per heavy atom. The molecule has 1 aromatic carbocycles. The van der Waals surface area contributed by atoms with Gasteiger partial charge in [-0.2, -0.15) is 4.68 Å². The van der Waals surface area contributed by atoms with E-state index in [0.717, 1.165) is 16.0 Å². The number of thiophene rings is 1. The van der Waals surface area contributed by atoms with Gasteiger partial charge in [-0.05, 0) is 24.6 Å². The number of hydrogen-bond donors (Lipinski definition) is 2. The van der Waals surface area contributed by atoms with E-state index >= 15 is 0 Å². The molecule has 2 N–H and O–H groups in total. The number of fused-ring (bicyclic) bond motifs is 1. The van der Waals surface area contributed by atoms with Crippen LogP contribution in [0.4, 0.5) is 0 Å². The number of alkyl halides is 1. The lowest BCUT2D eigenvalue weighted by atomic mass is 10.1. The second-order valence-electron chi connectivity index (χ2n) is 6.35. The zero-order chi connectivity index (χ0) is 22.0. The van der Waals surface area contributed by atoms with Crippen molar-refractivity contribution in [1.29, 1.82) is 0 Å². The average Bonchev–Trinajstić information content (AvgIpc) is 3.07. The molecule has 0 aliphatic heterocycles. The first-order valence-corrected chi connectivity index (χ1v) is 10.6. The first-order chi connectivity index (χ1) is 14.3. The summed E-state index contributed by atoms with van der Waals surface area (Å²) in [5, 5.41) is 3.24. The Hall–Kier alpha value is -2.62. The molecule has 0 saturated heterocycles. The van der Waals surface area contributed by atoms with E-state index in [-0.39, 0.29) is 39.8 Å². The fraction of sp³-hybridized carbons (Fsp3) is 0.263. The van der Waals surface area contributed by atoms with Gasteiger partial charge in [-0.3, -0.25) is 19.0 Å². The molecule has 3 rings (SSSR count). The zero-order valence-electron chi connectivity index (χ0n) is 16.1. The van der Waals surface area contributed by atoms with Crippen LogP contribution in [0.2, 0.25) is 5.02 Å². The van der Waals surface area contributed by atoms with Gasteiger partial charge in [0.1, 0.15) is 4.83 Å². The maximum Gasteiger partial charge on any atom is 0.351 e. The smallest absolute Gasteiger partial charge is 0.350 e. The van der Waals surface area contributed by atoms with E-state index in [4.69, 9.17) is 23.2 Å². The maximum atomic E-state index is 12.9. The third kappa shape index (κ3) is 4.00. The van der Waals surface area contributed by atoms with E-state index in [1.54, 1.807) is 25.1 Å². The molecule has 0 spiro atoms. The third-order valence-electron chi connectivity index (χ3n) is 4.47. The van der Waals surface area contributed by atoms with Gasteiger partial charge in [-0.1, -0.05) is 23.7 Å². The van der Waals surface area contributed by atoms with Crippen molar-refractivity contribution in [2.75, 3.05) is 24.9 Å². The van der Waals surface area contributed by atoms with Gasteiger partial charge in [0, 0.05) is 30.1 Å². The number of hydrogen-bond acceptors (Lipinski definition) is 6. The van der Waals surface area contributed by atoms with Crippen LogP contribution in [0.5, 0.6) is 0 Å². The summed E-state index contributed by atoms with van der Waals surface area (Å²) in [6, 6.07) is 6.37. The number of nitrogens with one attached hydrogen (secondary N) is 2. The molecule has 0 bridgehead atoms.